The van der Waals surface area contributed by atoms with E-state index in [1.54, 1.807) is 7.11 Å². The van der Waals surface area contributed by atoms with Gasteiger partial charge in [0.25, 0.3) is 0 Å². The van der Waals surface area contributed by atoms with Crippen molar-refractivity contribution >= 4 is 0 Å². The van der Waals surface area contributed by atoms with E-state index < -0.39 is 0 Å². The summed E-state index contributed by atoms with van der Waals surface area (Å²) in [5.41, 5.74) is 8.80. The Balaban J connectivity index is 2.20. The standard InChI is InChI=1S/C14H21NO/c1-3-10-9-12(7-8-13(10)16-2)14(15)11-5-4-6-11/h7-9,11,14H,3-6,15H2,1-2H3. The fourth-order valence-corrected chi connectivity index (χ4v) is 2.35. The molecule has 1 fully saturated rings. The summed E-state index contributed by atoms with van der Waals surface area (Å²) in [4.78, 5) is 0. The van der Waals surface area contributed by atoms with Gasteiger partial charge in [0.15, 0.2) is 0 Å². The second-order valence-corrected chi connectivity index (χ2v) is 4.64. The highest BCUT2D eigenvalue weighted by molar-refractivity contribution is 5.38. The molecule has 1 unspecified atom stereocenters. The lowest BCUT2D eigenvalue weighted by Gasteiger charge is -2.31. The Labute approximate surface area is 97.8 Å². The molecule has 0 aromatic heterocycles. The maximum Gasteiger partial charge on any atom is 0.122 e. The normalized spacial score (nSPS) is 17.9. The zero-order valence-electron chi connectivity index (χ0n) is 10.2. The summed E-state index contributed by atoms with van der Waals surface area (Å²) in [6.45, 7) is 2.15. The lowest BCUT2D eigenvalue weighted by Crippen LogP contribution is -2.26. The highest BCUT2D eigenvalue weighted by Crippen LogP contribution is 2.37. The van der Waals surface area contributed by atoms with Crippen LogP contribution in [0.5, 0.6) is 5.75 Å². The summed E-state index contributed by atoms with van der Waals surface area (Å²) >= 11 is 0. The first-order valence-electron chi connectivity index (χ1n) is 6.18. The van der Waals surface area contributed by atoms with Gasteiger partial charge in [0.2, 0.25) is 0 Å². The zero-order valence-corrected chi connectivity index (χ0v) is 10.2. The van der Waals surface area contributed by atoms with E-state index in [1.165, 1.54) is 30.4 Å². The first-order chi connectivity index (χ1) is 7.76. The quantitative estimate of drug-likeness (QED) is 0.844. The first-order valence-corrected chi connectivity index (χ1v) is 6.18. The molecule has 2 heteroatoms. The summed E-state index contributed by atoms with van der Waals surface area (Å²) in [7, 11) is 1.72. The van der Waals surface area contributed by atoms with Gasteiger partial charge in [-0.15, -0.1) is 0 Å². The van der Waals surface area contributed by atoms with Crippen LogP contribution in [0, 0.1) is 5.92 Å². The van der Waals surface area contributed by atoms with Gasteiger partial charge >= 0.3 is 0 Å². The lowest BCUT2D eigenvalue weighted by atomic mass is 9.77. The molecule has 0 heterocycles. The number of hydrogen-bond acceptors (Lipinski definition) is 2. The van der Waals surface area contributed by atoms with Crippen molar-refractivity contribution in [1.82, 2.24) is 0 Å². The molecule has 0 radical (unpaired) electrons. The number of methoxy groups -OCH3 is 1. The molecule has 2 nitrogen and oxygen atoms in total. The number of nitrogens with two attached hydrogens (primary N) is 1. The molecular weight excluding hydrogens is 198 g/mol. The molecular formula is C14H21NO. The third kappa shape index (κ3) is 2.07. The Bertz CT molecular complexity index is 358. The molecule has 1 aromatic carbocycles. The fraction of sp³-hybridized carbons (Fsp3) is 0.571. The van der Waals surface area contributed by atoms with Crippen molar-refractivity contribution in [3.63, 3.8) is 0 Å². The molecule has 0 aliphatic heterocycles. The molecule has 0 amide bonds. The van der Waals surface area contributed by atoms with Crippen molar-refractivity contribution in [2.45, 2.75) is 38.6 Å². The second-order valence-electron chi connectivity index (χ2n) is 4.64. The van der Waals surface area contributed by atoms with Gasteiger partial charge in [0.05, 0.1) is 7.11 Å². The summed E-state index contributed by atoms with van der Waals surface area (Å²) in [5, 5.41) is 0. The Kier molecular flexibility index (Phi) is 3.49. The molecule has 88 valence electrons. The van der Waals surface area contributed by atoms with Gasteiger partial charge in [0.1, 0.15) is 5.75 Å². The predicted octanol–water partition coefficient (Wildman–Crippen LogP) is 3.06. The zero-order chi connectivity index (χ0) is 11.5. The molecule has 1 atom stereocenters. The van der Waals surface area contributed by atoms with Crippen LogP contribution >= 0.6 is 0 Å². The highest BCUT2D eigenvalue weighted by Gasteiger charge is 2.25. The molecule has 1 saturated carbocycles. The Morgan fingerprint density at radius 2 is 2.19 bits per heavy atom. The van der Waals surface area contributed by atoms with E-state index in [4.69, 9.17) is 10.5 Å². The van der Waals surface area contributed by atoms with Crippen LogP contribution in [-0.2, 0) is 6.42 Å². The molecule has 0 saturated heterocycles. The van der Waals surface area contributed by atoms with Crippen molar-refractivity contribution in [2.75, 3.05) is 7.11 Å². The molecule has 1 aliphatic carbocycles. The maximum atomic E-state index is 6.27. The minimum Gasteiger partial charge on any atom is -0.496 e. The minimum atomic E-state index is 0.213. The molecule has 1 aromatic rings. The Morgan fingerprint density at radius 1 is 1.44 bits per heavy atom. The molecule has 2 N–H and O–H groups in total. The SMILES string of the molecule is CCc1cc(C(N)C2CCC2)ccc1OC. The number of hydrogen-bond donors (Lipinski definition) is 1. The van der Waals surface area contributed by atoms with Crippen molar-refractivity contribution in [3.05, 3.63) is 29.3 Å². The van der Waals surface area contributed by atoms with Gasteiger partial charge in [-0.1, -0.05) is 25.5 Å². The molecule has 1 aliphatic rings. The summed E-state index contributed by atoms with van der Waals surface area (Å²) in [6.07, 6.45) is 4.91. The first kappa shape index (κ1) is 11.5. The van der Waals surface area contributed by atoms with Crippen LogP contribution in [0.2, 0.25) is 0 Å². The van der Waals surface area contributed by atoms with E-state index in [0.29, 0.717) is 5.92 Å². The van der Waals surface area contributed by atoms with Crippen molar-refractivity contribution in [2.24, 2.45) is 11.7 Å². The van der Waals surface area contributed by atoms with E-state index >= 15 is 0 Å². The largest absolute Gasteiger partial charge is 0.496 e. The molecule has 16 heavy (non-hydrogen) atoms. The number of ether oxygens (including phenoxy) is 1. The number of rotatable bonds is 4. The molecule has 0 bridgehead atoms. The molecule has 0 spiro atoms. The maximum absolute atomic E-state index is 6.27. The molecule has 2 rings (SSSR count). The van der Waals surface area contributed by atoms with Crippen LogP contribution in [0.1, 0.15) is 43.4 Å². The number of aryl methyl sites for hydroxylation is 1. The fourth-order valence-electron chi connectivity index (χ4n) is 2.35. The van der Waals surface area contributed by atoms with Gasteiger partial charge < -0.3 is 10.5 Å². The predicted molar refractivity (Wildman–Crippen MR) is 66.6 cm³/mol. The second kappa shape index (κ2) is 4.88. The Morgan fingerprint density at radius 3 is 2.69 bits per heavy atom. The van der Waals surface area contributed by atoms with Gasteiger partial charge in [-0.2, -0.15) is 0 Å². The van der Waals surface area contributed by atoms with Gasteiger partial charge in [-0.05, 0) is 42.4 Å². The van der Waals surface area contributed by atoms with Crippen LogP contribution in [0.25, 0.3) is 0 Å². The third-order valence-electron chi connectivity index (χ3n) is 3.73. The van der Waals surface area contributed by atoms with Crippen molar-refractivity contribution in [3.8, 4) is 5.75 Å². The Hall–Kier alpha value is -1.02. The van der Waals surface area contributed by atoms with E-state index in [-0.39, 0.29) is 6.04 Å². The smallest absolute Gasteiger partial charge is 0.122 e. The monoisotopic (exact) mass is 219 g/mol. The van der Waals surface area contributed by atoms with Crippen LogP contribution in [0.15, 0.2) is 18.2 Å². The van der Waals surface area contributed by atoms with E-state index in [2.05, 4.69) is 19.1 Å². The summed E-state index contributed by atoms with van der Waals surface area (Å²) < 4.78 is 5.33. The highest BCUT2D eigenvalue weighted by atomic mass is 16.5. The van der Waals surface area contributed by atoms with E-state index in [9.17, 15) is 0 Å². The average molecular weight is 219 g/mol. The van der Waals surface area contributed by atoms with Crippen molar-refractivity contribution in [1.29, 1.82) is 0 Å². The van der Waals surface area contributed by atoms with E-state index in [0.717, 1.165) is 12.2 Å². The topological polar surface area (TPSA) is 35.2 Å². The average Bonchev–Trinajstić information content (AvgIpc) is 2.25. The minimum absolute atomic E-state index is 0.213. The van der Waals surface area contributed by atoms with Crippen LogP contribution in [-0.4, -0.2) is 7.11 Å². The van der Waals surface area contributed by atoms with E-state index in [1.807, 2.05) is 6.07 Å². The van der Waals surface area contributed by atoms with Crippen LogP contribution < -0.4 is 10.5 Å². The van der Waals surface area contributed by atoms with Crippen LogP contribution in [0.3, 0.4) is 0 Å². The summed E-state index contributed by atoms with van der Waals surface area (Å²) in [6, 6.07) is 6.58. The third-order valence-corrected chi connectivity index (χ3v) is 3.73. The van der Waals surface area contributed by atoms with Gasteiger partial charge in [-0.3, -0.25) is 0 Å². The van der Waals surface area contributed by atoms with Crippen molar-refractivity contribution < 1.29 is 4.74 Å². The van der Waals surface area contributed by atoms with Gasteiger partial charge in [0, 0.05) is 6.04 Å². The summed E-state index contributed by atoms with van der Waals surface area (Å²) in [5.74, 6) is 1.67. The lowest BCUT2D eigenvalue weighted by molar-refractivity contribution is 0.264. The number of benzene rings is 1. The van der Waals surface area contributed by atoms with Gasteiger partial charge in [-0.25, -0.2) is 0 Å². The van der Waals surface area contributed by atoms with Crippen LogP contribution in [0.4, 0.5) is 0 Å².